The van der Waals surface area contributed by atoms with Crippen molar-refractivity contribution in [1.82, 2.24) is 0 Å². The zero-order chi connectivity index (χ0) is 16.7. The summed E-state index contributed by atoms with van der Waals surface area (Å²) in [4.78, 5) is 11.8. The van der Waals surface area contributed by atoms with Crippen molar-refractivity contribution >= 4 is 11.5 Å². The van der Waals surface area contributed by atoms with Crippen molar-refractivity contribution in [2.45, 2.75) is 20.3 Å². The van der Waals surface area contributed by atoms with Gasteiger partial charge in [0, 0.05) is 0 Å². The number of carbonyl (C=O) groups excluding carboxylic acids is 1. The van der Waals surface area contributed by atoms with Gasteiger partial charge in [-0.1, -0.05) is 54.6 Å². The van der Waals surface area contributed by atoms with Crippen LogP contribution in [0.2, 0.25) is 0 Å². The van der Waals surface area contributed by atoms with E-state index in [0.717, 1.165) is 12.0 Å². The van der Waals surface area contributed by atoms with Crippen molar-refractivity contribution in [3.8, 4) is 6.07 Å². The van der Waals surface area contributed by atoms with E-state index in [4.69, 9.17) is 4.74 Å². The molecular weight excluding hydrogens is 286 g/mol. The zero-order valence-electron chi connectivity index (χ0n) is 13.4. The second-order valence-corrected chi connectivity index (χ2v) is 5.19. The number of allylic oxidation sites excluding steroid dienone is 1. The molecule has 2 rings (SSSR count). The molecule has 0 aliphatic rings. The molecule has 0 atom stereocenters. The second-order valence-electron chi connectivity index (χ2n) is 5.19. The smallest absolute Gasteiger partial charge is 0.349 e. The molecule has 0 spiro atoms. The van der Waals surface area contributed by atoms with Gasteiger partial charge in [-0.05, 0) is 42.5 Å². The van der Waals surface area contributed by atoms with Crippen molar-refractivity contribution in [2.24, 2.45) is 0 Å². The molecule has 0 N–H and O–H groups in total. The van der Waals surface area contributed by atoms with Crippen LogP contribution in [0.15, 0.2) is 60.2 Å². The van der Waals surface area contributed by atoms with Gasteiger partial charge in [-0.15, -0.1) is 0 Å². The minimum Gasteiger partial charge on any atom is -0.462 e. The topological polar surface area (TPSA) is 50.1 Å². The van der Waals surface area contributed by atoms with E-state index in [1.165, 1.54) is 11.1 Å². The lowest BCUT2D eigenvalue weighted by atomic mass is 9.98. The van der Waals surface area contributed by atoms with Gasteiger partial charge in [-0.3, -0.25) is 0 Å². The molecule has 2 aromatic rings. The number of esters is 1. The number of ether oxygens (including phenoxy) is 1. The molecule has 0 unspecified atom stereocenters. The van der Waals surface area contributed by atoms with Crippen LogP contribution < -0.4 is 0 Å². The first kappa shape index (κ1) is 16.5. The number of rotatable bonds is 5. The molecule has 0 aliphatic heterocycles. The Bertz CT molecular complexity index is 737. The SMILES string of the molecule is CCOC(=O)/C(C#N)=C(/C)c1ccc(Cc2ccccc2)cc1. The first-order valence-corrected chi connectivity index (χ1v) is 7.57. The Hall–Kier alpha value is -2.86. The molecule has 0 amide bonds. The van der Waals surface area contributed by atoms with Gasteiger partial charge >= 0.3 is 5.97 Å². The van der Waals surface area contributed by atoms with E-state index in [0.29, 0.717) is 5.57 Å². The number of benzene rings is 2. The Labute approximate surface area is 136 Å². The van der Waals surface area contributed by atoms with Crippen molar-refractivity contribution in [2.75, 3.05) is 6.61 Å². The number of carbonyl (C=O) groups is 1. The average Bonchev–Trinajstić information content (AvgIpc) is 2.57. The molecule has 3 nitrogen and oxygen atoms in total. The molecule has 0 saturated heterocycles. The zero-order valence-corrected chi connectivity index (χ0v) is 13.4. The average molecular weight is 305 g/mol. The minimum absolute atomic E-state index is 0.0580. The summed E-state index contributed by atoms with van der Waals surface area (Å²) in [5, 5.41) is 9.20. The maximum absolute atomic E-state index is 11.8. The van der Waals surface area contributed by atoms with Crippen LogP contribution in [0.5, 0.6) is 0 Å². The van der Waals surface area contributed by atoms with Gasteiger partial charge < -0.3 is 4.74 Å². The van der Waals surface area contributed by atoms with E-state index >= 15 is 0 Å². The second kappa shape index (κ2) is 7.95. The van der Waals surface area contributed by atoms with Gasteiger partial charge in [-0.25, -0.2) is 4.79 Å². The summed E-state index contributed by atoms with van der Waals surface area (Å²) in [6, 6.07) is 20.1. The highest BCUT2D eigenvalue weighted by Crippen LogP contribution is 2.20. The molecule has 0 heterocycles. The first-order valence-electron chi connectivity index (χ1n) is 7.57. The van der Waals surface area contributed by atoms with E-state index < -0.39 is 5.97 Å². The third-order valence-electron chi connectivity index (χ3n) is 3.60. The van der Waals surface area contributed by atoms with Crippen molar-refractivity contribution in [3.05, 3.63) is 76.9 Å². The van der Waals surface area contributed by atoms with Gasteiger partial charge in [0.15, 0.2) is 0 Å². The Morgan fingerprint density at radius 1 is 1.04 bits per heavy atom. The molecule has 2 aromatic carbocycles. The fourth-order valence-electron chi connectivity index (χ4n) is 2.33. The quantitative estimate of drug-likeness (QED) is 0.474. The van der Waals surface area contributed by atoms with Crippen LogP contribution in [0.25, 0.3) is 5.57 Å². The van der Waals surface area contributed by atoms with Gasteiger partial charge in [0.05, 0.1) is 6.61 Å². The largest absolute Gasteiger partial charge is 0.462 e. The summed E-state index contributed by atoms with van der Waals surface area (Å²) in [6.07, 6.45) is 0.854. The normalized spacial score (nSPS) is 11.3. The first-order chi connectivity index (χ1) is 11.2. The molecule has 0 aliphatic carbocycles. The summed E-state index contributed by atoms with van der Waals surface area (Å²) >= 11 is 0. The summed E-state index contributed by atoms with van der Waals surface area (Å²) in [7, 11) is 0. The summed E-state index contributed by atoms with van der Waals surface area (Å²) in [5.41, 5.74) is 3.98. The van der Waals surface area contributed by atoms with Crippen LogP contribution in [0.4, 0.5) is 0 Å². The Morgan fingerprint density at radius 3 is 2.22 bits per heavy atom. The maximum atomic E-state index is 11.8. The monoisotopic (exact) mass is 305 g/mol. The Balaban J connectivity index is 2.21. The van der Waals surface area contributed by atoms with Crippen LogP contribution >= 0.6 is 0 Å². The molecule has 3 heteroatoms. The highest BCUT2D eigenvalue weighted by molar-refractivity contribution is 6.01. The van der Waals surface area contributed by atoms with Crippen LogP contribution in [0.1, 0.15) is 30.5 Å². The van der Waals surface area contributed by atoms with E-state index in [-0.39, 0.29) is 12.2 Å². The third kappa shape index (κ3) is 4.31. The molecule has 116 valence electrons. The molecule has 23 heavy (non-hydrogen) atoms. The predicted octanol–water partition coefficient (Wildman–Crippen LogP) is 4.14. The van der Waals surface area contributed by atoms with Crippen LogP contribution in [-0.2, 0) is 16.0 Å². The van der Waals surface area contributed by atoms with E-state index in [1.807, 2.05) is 48.5 Å². The number of nitrogens with zero attached hydrogens (tertiary/aromatic N) is 1. The van der Waals surface area contributed by atoms with E-state index in [2.05, 4.69) is 12.1 Å². The molecule has 0 bridgehead atoms. The lowest BCUT2D eigenvalue weighted by molar-refractivity contribution is -0.137. The minimum atomic E-state index is -0.569. The lowest BCUT2D eigenvalue weighted by Gasteiger charge is -2.07. The van der Waals surface area contributed by atoms with Crippen LogP contribution in [0, 0.1) is 11.3 Å². The highest BCUT2D eigenvalue weighted by Gasteiger charge is 2.14. The third-order valence-corrected chi connectivity index (χ3v) is 3.60. The van der Waals surface area contributed by atoms with E-state index in [1.54, 1.807) is 13.8 Å². The molecule has 0 aromatic heterocycles. The summed E-state index contributed by atoms with van der Waals surface area (Å²) in [5.74, 6) is -0.569. The predicted molar refractivity (Wildman–Crippen MR) is 90.5 cm³/mol. The molecule has 0 fully saturated rings. The maximum Gasteiger partial charge on any atom is 0.349 e. The molecule has 0 saturated carbocycles. The van der Waals surface area contributed by atoms with Gasteiger partial charge in [0.2, 0.25) is 0 Å². The highest BCUT2D eigenvalue weighted by atomic mass is 16.5. The van der Waals surface area contributed by atoms with Crippen LogP contribution in [-0.4, -0.2) is 12.6 Å². The standard InChI is InChI=1S/C20H19NO2/c1-3-23-20(22)19(14-21)15(2)18-11-9-17(10-12-18)13-16-7-5-4-6-8-16/h4-12H,3,13H2,1-2H3/b19-15-. The number of hydrogen-bond acceptors (Lipinski definition) is 3. The summed E-state index contributed by atoms with van der Waals surface area (Å²) < 4.78 is 4.92. The number of nitriles is 1. The van der Waals surface area contributed by atoms with Crippen molar-refractivity contribution < 1.29 is 9.53 Å². The Kier molecular flexibility index (Phi) is 5.71. The fraction of sp³-hybridized carbons (Fsp3) is 0.200. The van der Waals surface area contributed by atoms with Crippen molar-refractivity contribution in [1.29, 1.82) is 5.26 Å². The number of hydrogen-bond donors (Lipinski definition) is 0. The van der Waals surface area contributed by atoms with Crippen LogP contribution in [0.3, 0.4) is 0 Å². The lowest BCUT2D eigenvalue weighted by Crippen LogP contribution is -2.08. The fourth-order valence-corrected chi connectivity index (χ4v) is 2.33. The Morgan fingerprint density at radius 2 is 1.65 bits per heavy atom. The van der Waals surface area contributed by atoms with E-state index in [9.17, 15) is 10.1 Å². The van der Waals surface area contributed by atoms with Gasteiger partial charge in [-0.2, -0.15) is 5.26 Å². The van der Waals surface area contributed by atoms with Gasteiger partial charge in [0.25, 0.3) is 0 Å². The molecule has 0 radical (unpaired) electrons. The summed E-state index contributed by atoms with van der Waals surface area (Å²) in [6.45, 7) is 3.75. The van der Waals surface area contributed by atoms with Gasteiger partial charge in [0.1, 0.15) is 11.6 Å². The molecular formula is C20H19NO2. The van der Waals surface area contributed by atoms with Crippen molar-refractivity contribution in [3.63, 3.8) is 0 Å².